The first-order chi connectivity index (χ1) is 14.3. The van der Waals surface area contributed by atoms with Gasteiger partial charge in [0.2, 0.25) is 10.0 Å². The maximum Gasteiger partial charge on any atom is 0.409 e. The SMILES string of the molecule is COC(=O)N1CCC[C@H](NS(C)(=O)=O)[C@@H]1CO[C@H]1CC[C@@H](c2ccc(O)cc2)CC1. The predicted octanol–water partition coefficient (Wildman–Crippen LogP) is 2.58. The van der Waals surface area contributed by atoms with Gasteiger partial charge in [0.15, 0.2) is 0 Å². The molecule has 30 heavy (non-hydrogen) atoms. The molecule has 1 saturated carbocycles. The summed E-state index contributed by atoms with van der Waals surface area (Å²) in [6.07, 6.45) is 5.91. The largest absolute Gasteiger partial charge is 0.508 e. The first-order valence-electron chi connectivity index (χ1n) is 10.5. The van der Waals surface area contributed by atoms with Crippen molar-refractivity contribution in [1.29, 1.82) is 0 Å². The smallest absolute Gasteiger partial charge is 0.409 e. The van der Waals surface area contributed by atoms with Crippen molar-refractivity contribution >= 4 is 16.1 Å². The van der Waals surface area contributed by atoms with Gasteiger partial charge in [0, 0.05) is 12.6 Å². The Kier molecular flexibility index (Phi) is 7.60. The molecular formula is C21H32N2O6S. The van der Waals surface area contributed by atoms with E-state index in [4.69, 9.17) is 9.47 Å². The van der Waals surface area contributed by atoms with Crippen LogP contribution in [0.15, 0.2) is 24.3 Å². The Labute approximate surface area is 178 Å². The highest BCUT2D eigenvalue weighted by atomic mass is 32.2. The van der Waals surface area contributed by atoms with Crippen molar-refractivity contribution in [2.75, 3.05) is 26.5 Å². The molecular weight excluding hydrogens is 408 g/mol. The number of hydrogen-bond acceptors (Lipinski definition) is 6. The monoisotopic (exact) mass is 440 g/mol. The summed E-state index contributed by atoms with van der Waals surface area (Å²) in [4.78, 5) is 13.8. The van der Waals surface area contributed by atoms with Gasteiger partial charge in [0.1, 0.15) is 5.75 Å². The molecule has 168 valence electrons. The lowest BCUT2D eigenvalue weighted by Gasteiger charge is -2.41. The Morgan fingerprint density at radius 2 is 1.83 bits per heavy atom. The second-order valence-corrected chi connectivity index (χ2v) is 10.0. The summed E-state index contributed by atoms with van der Waals surface area (Å²) in [6, 6.07) is 6.60. The minimum absolute atomic E-state index is 0.0821. The highest BCUT2D eigenvalue weighted by Gasteiger charge is 2.37. The van der Waals surface area contributed by atoms with Crippen LogP contribution in [0, 0.1) is 0 Å². The summed E-state index contributed by atoms with van der Waals surface area (Å²) in [5, 5.41) is 9.46. The third-order valence-corrected chi connectivity index (χ3v) is 6.83. The van der Waals surface area contributed by atoms with Gasteiger partial charge >= 0.3 is 6.09 Å². The third-order valence-electron chi connectivity index (χ3n) is 6.09. The number of phenols is 1. The minimum Gasteiger partial charge on any atom is -0.508 e. The molecule has 0 bridgehead atoms. The van der Waals surface area contributed by atoms with E-state index in [0.29, 0.717) is 25.3 Å². The maximum absolute atomic E-state index is 12.2. The Bertz CT molecular complexity index is 805. The number of nitrogens with one attached hydrogen (secondary N) is 1. The normalized spacial score (nSPS) is 27.6. The van der Waals surface area contributed by atoms with E-state index in [1.807, 2.05) is 12.1 Å². The molecule has 1 aromatic carbocycles. The molecule has 0 aromatic heterocycles. The van der Waals surface area contributed by atoms with Gasteiger partial charge in [0.25, 0.3) is 0 Å². The standard InChI is InChI=1S/C21H32N2O6S/c1-28-21(25)23-13-3-4-19(22-30(2,26)27)20(23)14-29-18-11-7-16(8-12-18)15-5-9-17(24)10-6-15/h5-6,9-10,16,18-20,22,24H,3-4,7-8,11-14H2,1-2H3/t16-,18+,19-,20-/m0/s1. The number of benzene rings is 1. The average Bonchev–Trinajstić information content (AvgIpc) is 2.72. The van der Waals surface area contributed by atoms with E-state index >= 15 is 0 Å². The fourth-order valence-corrected chi connectivity index (χ4v) is 5.39. The molecule has 9 heteroatoms. The number of carbonyl (C=O) groups is 1. The van der Waals surface area contributed by atoms with E-state index in [0.717, 1.165) is 31.9 Å². The van der Waals surface area contributed by atoms with Crippen molar-refractivity contribution in [3.63, 3.8) is 0 Å². The van der Waals surface area contributed by atoms with E-state index in [-0.39, 0.29) is 24.5 Å². The zero-order valence-electron chi connectivity index (χ0n) is 17.6. The Hall–Kier alpha value is -1.84. The van der Waals surface area contributed by atoms with Gasteiger partial charge in [-0.05, 0) is 62.1 Å². The Balaban J connectivity index is 1.58. The summed E-state index contributed by atoms with van der Waals surface area (Å²) in [5.41, 5.74) is 1.23. The van der Waals surface area contributed by atoms with E-state index in [9.17, 15) is 18.3 Å². The first-order valence-corrected chi connectivity index (χ1v) is 12.4. The van der Waals surface area contributed by atoms with Gasteiger partial charge in [0.05, 0.1) is 32.1 Å². The van der Waals surface area contributed by atoms with Crippen LogP contribution in [0.2, 0.25) is 0 Å². The van der Waals surface area contributed by atoms with Crippen LogP contribution in [0.4, 0.5) is 4.79 Å². The van der Waals surface area contributed by atoms with Gasteiger partial charge < -0.3 is 19.5 Å². The second kappa shape index (κ2) is 9.98. The topological polar surface area (TPSA) is 105 Å². The molecule has 3 rings (SSSR count). The highest BCUT2D eigenvalue weighted by Crippen LogP contribution is 2.35. The number of ether oxygens (including phenoxy) is 2. The number of carbonyl (C=O) groups excluding carboxylic acids is 1. The van der Waals surface area contributed by atoms with Gasteiger partial charge in [-0.1, -0.05) is 12.1 Å². The van der Waals surface area contributed by atoms with Crippen LogP contribution < -0.4 is 4.72 Å². The number of hydrogen-bond donors (Lipinski definition) is 2. The predicted molar refractivity (Wildman–Crippen MR) is 113 cm³/mol. The van der Waals surface area contributed by atoms with Crippen LogP contribution in [0.3, 0.4) is 0 Å². The van der Waals surface area contributed by atoms with Crippen molar-refractivity contribution in [1.82, 2.24) is 9.62 Å². The molecule has 1 saturated heterocycles. The highest BCUT2D eigenvalue weighted by molar-refractivity contribution is 7.88. The fourth-order valence-electron chi connectivity index (χ4n) is 4.56. The van der Waals surface area contributed by atoms with Gasteiger partial charge in [-0.3, -0.25) is 0 Å². The lowest BCUT2D eigenvalue weighted by molar-refractivity contribution is -0.0245. The number of likely N-dealkylation sites (tertiary alicyclic amines) is 1. The molecule has 0 radical (unpaired) electrons. The zero-order chi connectivity index (χ0) is 21.7. The van der Waals surface area contributed by atoms with Crippen molar-refractivity contribution in [3.05, 3.63) is 29.8 Å². The number of sulfonamides is 1. The molecule has 0 unspecified atom stereocenters. The lowest BCUT2D eigenvalue weighted by Crippen LogP contribution is -2.59. The zero-order valence-corrected chi connectivity index (χ0v) is 18.4. The summed E-state index contributed by atoms with van der Waals surface area (Å²) in [7, 11) is -2.07. The van der Waals surface area contributed by atoms with Crippen molar-refractivity contribution in [3.8, 4) is 5.75 Å². The number of rotatable bonds is 6. The molecule has 1 aromatic rings. The molecule has 8 nitrogen and oxygen atoms in total. The Morgan fingerprint density at radius 3 is 2.43 bits per heavy atom. The molecule has 2 atom stereocenters. The lowest BCUT2D eigenvalue weighted by atomic mass is 9.82. The molecule has 1 amide bonds. The summed E-state index contributed by atoms with van der Waals surface area (Å²) in [6.45, 7) is 0.799. The molecule has 1 aliphatic heterocycles. The van der Waals surface area contributed by atoms with Gasteiger partial charge in [-0.15, -0.1) is 0 Å². The van der Waals surface area contributed by atoms with E-state index in [1.165, 1.54) is 12.7 Å². The molecule has 2 fully saturated rings. The first kappa shape index (κ1) is 22.8. The van der Waals surface area contributed by atoms with Crippen molar-refractivity contribution in [2.24, 2.45) is 0 Å². The summed E-state index contributed by atoms with van der Waals surface area (Å²) < 4.78 is 37.3. The summed E-state index contributed by atoms with van der Waals surface area (Å²) in [5.74, 6) is 0.724. The van der Waals surface area contributed by atoms with E-state index in [2.05, 4.69) is 4.72 Å². The van der Waals surface area contributed by atoms with E-state index in [1.54, 1.807) is 17.0 Å². The number of aromatic hydroxyl groups is 1. The van der Waals surface area contributed by atoms with Crippen LogP contribution in [0.5, 0.6) is 5.75 Å². The van der Waals surface area contributed by atoms with Crippen LogP contribution in [0.25, 0.3) is 0 Å². The van der Waals surface area contributed by atoms with Crippen molar-refractivity contribution in [2.45, 2.75) is 62.6 Å². The second-order valence-electron chi connectivity index (χ2n) is 8.27. The average molecular weight is 441 g/mol. The third kappa shape index (κ3) is 6.09. The number of phenolic OH excluding ortho intramolecular Hbond substituents is 1. The van der Waals surface area contributed by atoms with Crippen LogP contribution in [0.1, 0.15) is 50.0 Å². The summed E-state index contributed by atoms with van der Waals surface area (Å²) >= 11 is 0. The molecule has 1 heterocycles. The molecule has 1 aliphatic carbocycles. The fraction of sp³-hybridized carbons (Fsp3) is 0.667. The van der Waals surface area contributed by atoms with Crippen LogP contribution in [-0.2, 0) is 19.5 Å². The number of nitrogens with zero attached hydrogens (tertiary/aromatic N) is 1. The van der Waals surface area contributed by atoms with Gasteiger partial charge in [-0.2, -0.15) is 0 Å². The molecule has 0 spiro atoms. The van der Waals surface area contributed by atoms with Crippen LogP contribution in [-0.4, -0.2) is 69.2 Å². The molecule has 2 N–H and O–H groups in total. The van der Waals surface area contributed by atoms with Gasteiger partial charge in [-0.25, -0.2) is 17.9 Å². The van der Waals surface area contributed by atoms with Crippen molar-refractivity contribution < 1.29 is 27.8 Å². The number of methoxy groups -OCH3 is 1. The Morgan fingerprint density at radius 1 is 1.17 bits per heavy atom. The molecule has 2 aliphatic rings. The maximum atomic E-state index is 12.2. The van der Waals surface area contributed by atoms with E-state index < -0.39 is 22.2 Å². The number of piperidine rings is 1. The quantitative estimate of drug-likeness (QED) is 0.704. The number of amides is 1. The minimum atomic E-state index is -3.40. The van der Waals surface area contributed by atoms with Crippen LogP contribution >= 0.6 is 0 Å².